The molecule has 2 aliphatic rings. The Morgan fingerprint density at radius 3 is 2.94 bits per heavy atom. The summed E-state index contributed by atoms with van der Waals surface area (Å²) < 4.78 is 5.60. The quantitative estimate of drug-likeness (QED) is 0.810. The van der Waals surface area contributed by atoms with Crippen LogP contribution in [0.4, 0.5) is 0 Å². The molecule has 0 aromatic heterocycles. The highest BCUT2D eigenvalue weighted by Gasteiger charge is 2.27. The van der Waals surface area contributed by atoms with Crippen molar-refractivity contribution in [3.63, 3.8) is 0 Å². The summed E-state index contributed by atoms with van der Waals surface area (Å²) >= 11 is 0. The lowest BCUT2D eigenvalue weighted by molar-refractivity contribution is -0.134. The number of rotatable bonds is 2. The number of carbonyl (C=O) groups is 1. The molecule has 0 bridgehead atoms. The molecule has 0 aromatic carbocycles. The van der Waals surface area contributed by atoms with Crippen LogP contribution in [0, 0.1) is 5.41 Å². The standard InChI is InChI=1S/C14H26N2O2/c1-14(2)4-3-7-16(8-5-14)13(17)10-12-11-15-6-9-18-12/h12,15H,3-11H2,1-2H3. The Balaban J connectivity index is 1.81. The molecule has 0 spiro atoms. The molecule has 1 atom stereocenters. The van der Waals surface area contributed by atoms with Crippen molar-refractivity contribution < 1.29 is 9.53 Å². The maximum absolute atomic E-state index is 12.2. The largest absolute Gasteiger partial charge is 0.375 e. The number of likely N-dealkylation sites (tertiary alicyclic amines) is 1. The lowest BCUT2D eigenvalue weighted by atomic mass is 9.85. The zero-order chi connectivity index (χ0) is 13.0. The Kier molecular flexibility index (Phi) is 4.62. The van der Waals surface area contributed by atoms with E-state index in [2.05, 4.69) is 19.2 Å². The fourth-order valence-corrected chi connectivity index (χ4v) is 2.75. The molecule has 2 rings (SSSR count). The topological polar surface area (TPSA) is 41.6 Å². The number of hydrogen-bond donors (Lipinski definition) is 1. The van der Waals surface area contributed by atoms with Gasteiger partial charge >= 0.3 is 0 Å². The van der Waals surface area contributed by atoms with Crippen LogP contribution in [0.1, 0.15) is 39.5 Å². The Bertz CT molecular complexity index is 286. The predicted octanol–water partition coefficient (Wildman–Crippen LogP) is 1.40. The maximum Gasteiger partial charge on any atom is 0.225 e. The Labute approximate surface area is 110 Å². The summed E-state index contributed by atoms with van der Waals surface area (Å²) in [6.07, 6.45) is 4.07. The highest BCUT2D eigenvalue weighted by Crippen LogP contribution is 2.30. The van der Waals surface area contributed by atoms with E-state index in [4.69, 9.17) is 4.74 Å². The highest BCUT2D eigenvalue weighted by molar-refractivity contribution is 5.76. The average Bonchev–Trinajstić information content (AvgIpc) is 2.51. The molecule has 2 heterocycles. The van der Waals surface area contributed by atoms with Gasteiger partial charge in [0, 0.05) is 26.2 Å². The van der Waals surface area contributed by atoms with Crippen LogP contribution in [0.5, 0.6) is 0 Å². The molecule has 1 amide bonds. The first kappa shape index (κ1) is 13.8. The van der Waals surface area contributed by atoms with Crippen LogP contribution in [0.3, 0.4) is 0 Å². The van der Waals surface area contributed by atoms with Crippen LogP contribution in [-0.4, -0.2) is 49.7 Å². The first-order valence-corrected chi connectivity index (χ1v) is 7.17. The summed E-state index contributed by atoms with van der Waals surface area (Å²) in [6, 6.07) is 0. The van der Waals surface area contributed by atoms with Crippen molar-refractivity contribution in [2.45, 2.75) is 45.6 Å². The summed E-state index contributed by atoms with van der Waals surface area (Å²) in [7, 11) is 0. The van der Waals surface area contributed by atoms with Gasteiger partial charge in [-0.2, -0.15) is 0 Å². The normalized spacial score (nSPS) is 28.8. The molecule has 18 heavy (non-hydrogen) atoms. The van der Waals surface area contributed by atoms with Crippen molar-refractivity contribution in [3.8, 4) is 0 Å². The average molecular weight is 254 g/mol. The highest BCUT2D eigenvalue weighted by atomic mass is 16.5. The van der Waals surface area contributed by atoms with Crippen molar-refractivity contribution in [2.75, 3.05) is 32.8 Å². The number of carbonyl (C=O) groups excluding carboxylic acids is 1. The molecule has 0 radical (unpaired) electrons. The fourth-order valence-electron chi connectivity index (χ4n) is 2.75. The molecule has 2 aliphatic heterocycles. The lowest BCUT2D eigenvalue weighted by Crippen LogP contribution is -2.42. The van der Waals surface area contributed by atoms with Gasteiger partial charge < -0.3 is 15.0 Å². The molecular weight excluding hydrogens is 228 g/mol. The first-order valence-electron chi connectivity index (χ1n) is 7.17. The fraction of sp³-hybridized carbons (Fsp3) is 0.929. The van der Waals surface area contributed by atoms with Gasteiger partial charge in [-0.05, 0) is 24.7 Å². The van der Waals surface area contributed by atoms with Crippen LogP contribution in [0.15, 0.2) is 0 Å². The number of amides is 1. The van der Waals surface area contributed by atoms with Gasteiger partial charge in [-0.1, -0.05) is 13.8 Å². The van der Waals surface area contributed by atoms with Gasteiger partial charge in [0.05, 0.1) is 19.1 Å². The number of hydrogen-bond acceptors (Lipinski definition) is 3. The van der Waals surface area contributed by atoms with E-state index < -0.39 is 0 Å². The Morgan fingerprint density at radius 2 is 2.22 bits per heavy atom. The zero-order valence-corrected chi connectivity index (χ0v) is 11.7. The van der Waals surface area contributed by atoms with Crippen molar-refractivity contribution in [1.82, 2.24) is 10.2 Å². The molecule has 4 nitrogen and oxygen atoms in total. The minimum absolute atomic E-state index is 0.0718. The van der Waals surface area contributed by atoms with E-state index >= 15 is 0 Å². The summed E-state index contributed by atoms with van der Waals surface area (Å²) in [4.78, 5) is 14.3. The van der Waals surface area contributed by atoms with Gasteiger partial charge in [0.2, 0.25) is 5.91 Å². The minimum Gasteiger partial charge on any atom is -0.375 e. The molecule has 104 valence electrons. The minimum atomic E-state index is 0.0718. The maximum atomic E-state index is 12.2. The summed E-state index contributed by atoms with van der Waals surface area (Å²) in [5.41, 5.74) is 0.387. The van der Waals surface area contributed by atoms with Crippen molar-refractivity contribution in [3.05, 3.63) is 0 Å². The first-order chi connectivity index (χ1) is 8.57. The monoisotopic (exact) mass is 254 g/mol. The van der Waals surface area contributed by atoms with Crippen LogP contribution >= 0.6 is 0 Å². The van der Waals surface area contributed by atoms with Crippen LogP contribution < -0.4 is 5.32 Å². The molecule has 0 saturated carbocycles. The predicted molar refractivity (Wildman–Crippen MR) is 71.4 cm³/mol. The van der Waals surface area contributed by atoms with Crippen LogP contribution in [0.2, 0.25) is 0 Å². The number of nitrogens with zero attached hydrogens (tertiary/aromatic N) is 1. The molecule has 0 aliphatic carbocycles. The summed E-state index contributed by atoms with van der Waals surface area (Å²) in [5.74, 6) is 0.265. The van der Waals surface area contributed by atoms with E-state index in [1.807, 2.05) is 4.90 Å². The van der Waals surface area contributed by atoms with Crippen LogP contribution in [-0.2, 0) is 9.53 Å². The van der Waals surface area contributed by atoms with E-state index in [0.717, 1.165) is 45.6 Å². The summed E-state index contributed by atoms with van der Waals surface area (Å²) in [6.45, 7) is 8.87. The second-order valence-corrected chi connectivity index (χ2v) is 6.30. The number of nitrogens with one attached hydrogen (secondary N) is 1. The van der Waals surface area contributed by atoms with Gasteiger partial charge in [-0.15, -0.1) is 0 Å². The van der Waals surface area contributed by atoms with E-state index in [-0.39, 0.29) is 12.0 Å². The third-order valence-electron chi connectivity index (χ3n) is 4.10. The van der Waals surface area contributed by atoms with E-state index in [1.54, 1.807) is 0 Å². The number of ether oxygens (including phenoxy) is 1. The Morgan fingerprint density at radius 1 is 1.39 bits per heavy atom. The zero-order valence-electron chi connectivity index (χ0n) is 11.7. The van der Waals surface area contributed by atoms with Gasteiger partial charge in [-0.3, -0.25) is 4.79 Å². The SMILES string of the molecule is CC1(C)CCCN(C(=O)CC2CNCCO2)CC1. The molecule has 4 heteroatoms. The second kappa shape index (κ2) is 6.02. The van der Waals surface area contributed by atoms with E-state index in [9.17, 15) is 4.79 Å². The second-order valence-electron chi connectivity index (χ2n) is 6.30. The van der Waals surface area contributed by atoms with Crippen molar-refractivity contribution in [1.29, 1.82) is 0 Å². The van der Waals surface area contributed by atoms with Gasteiger partial charge in [0.1, 0.15) is 0 Å². The lowest BCUT2D eigenvalue weighted by Gasteiger charge is -2.27. The van der Waals surface area contributed by atoms with E-state index in [0.29, 0.717) is 11.8 Å². The van der Waals surface area contributed by atoms with Gasteiger partial charge in [0.15, 0.2) is 0 Å². The van der Waals surface area contributed by atoms with Crippen molar-refractivity contribution in [2.24, 2.45) is 5.41 Å². The molecule has 2 saturated heterocycles. The molecule has 1 N–H and O–H groups in total. The molecular formula is C14H26N2O2. The molecule has 1 unspecified atom stereocenters. The van der Waals surface area contributed by atoms with Gasteiger partial charge in [0.25, 0.3) is 0 Å². The number of morpholine rings is 1. The van der Waals surface area contributed by atoms with E-state index in [1.165, 1.54) is 6.42 Å². The van der Waals surface area contributed by atoms with Crippen molar-refractivity contribution >= 4 is 5.91 Å². The third-order valence-corrected chi connectivity index (χ3v) is 4.10. The Hall–Kier alpha value is -0.610. The summed E-state index contributed by atoms with van der Waals surface area (Å²) in [5, 5.41) is 3.27. The molecule has 0 aromatic rings. The van der Waals surface area contributed by atoms with Crippen LogP contribution in [0.25, 0.3) is 0 Å². The smallest absolute Gasteiger partial charge is 0.225 e. The third kappa shape index (κ3) is 3.95. The van der Waals surface area contributed by atoms with Gasteiger partial charge in [-0.25, -0.2) is 0 Å². The molecule has 2 fully saturated rings.